The number of esters is 1. The van der Waals surface area contributed by atoms with Crippen LogP contribution in [-0.4, -0.2) is 35.5 Å². The number of hydrogen-bond acceptors (Lipinski definition) is 4. The van der Waals surface area contributed by atoms with Gasteiger partial charge in [-0.25, -0.2) is 4.79 Å². The summed E-state index contributed by atoms with van der Waals surface area (Å²) in [4.78, 5) is 25.9. The van der Waals surface area contributed by atoms with Crippen molar-refractivity contribution < 1.29 is 14.3 Å². The first-order chi connectivity index (χ1) is 10.5. The molecule has 3 rings (SSSR count). The highest BCUT2D eigenvalue weighted by Gasteiger charge is 2.50. The molecule has 2 heterocycles. The molecule has 2 aliphatic heterocycles. The van der Waals surface area contributed by atoms with E-state index in [2.05, 4.69) is 17.0 Å². The Morgan fingerprint density at radius 1 is 1.27 bits per heavy atom. The van der Waals surface area contributed by atoms with Crippen molar-refractivity contribution in [3.8, 4) is 0 Å². The number of piperidine rings is 1. The van der Waals surface area contributed by atoms with Crippen LogP contribution < -0.4 is 5.73 Å². The summed E-state index contributed by atoms with van der Waals surface area (Å²) in [6.07, 6.45) is 1.22. The van der Waals surface area contributed by atoms with Gasteiger partial charge in [0, 0.05) is 38.0 Å². The molecule has 0 aliphatic carbocycles. The Morgan fingerprint density at radius 3 is 2.50 bits per heavy atom. The van der Waals surface area contributed by atoms with E-state index >= 15 is 0 Å². The van der Waals surface area contributed by atoms with Crippen LogP contribution in [0.15, 0.2) is 41.5 Å². The van der Waals surface area contributed by atoms with Gasteiger partial charge in [-0.15, -0.1) is 0 Å². The number of primary amides is 1. The molecule has 0 radical (unpaired) electrons. The molecule has 5 heteroatoms. The number of carbonyl (C=O) groups excluding carboxylic acids is 2. The van der Waals surface area contributed by atoms with Crippen molar-refractivity contribution in [3.05, 3.63) is 47.0 Å². The van der Waals surface area contributed by atoms with Gasteiger partial charge >= 0.3 is 5.97 Å². The van der Waals surface area contributed by atoms with Crippen LogP contribution in [0.4, 0.5) is 0 Å². The van der Waals surface area contributed by atoms with Crippen molar-refractivity contribution in [1.29, 1.82) is 0 Å². The molecule has 0 aromatic heterocycles. The number of rotatable bonds is 3. The third-order valence-corrected chi connectivity index (χ3v) is 4.58. The summed E-state index contributed by atoms with van der Waals surface area (Å²) in [6, 6.07) is 10.2. The van der Waals surface area contributed by atoms with Gasteiger partial charge in [0.25, 0.3) is 0 Å². The molecule has 1 amide bonds. The van der Waals surface area contributed by atoms with Crippen LogP contribution in [-0.2, 0) is 20.9 Å². The van der Waals surface area contributed by atoms with Gasteiger partial charge in [0.05, 0.1) is 5.57 Å². The second-order valence-electron chi connectivity index (χ2n) is 6.01. The van der Waals surface area contributed by atoms with Gasteiger partial charge in [0.2, 0.25) is 5.91 Å². The van der Waals surface area contributed by atoms with E-state index in [0.29, 0.717) is 24.0 Å². The Labute approximate surface area is 129 Å². The van der Waals surface area contributed by atoms with Gasteiger partial charge in [-0.05, 0) is 12.5 Å². The van der Waals surface area contributed by atoms with E-state index in [-0.39, 0.29) is 0 Å². The molecule has 2 N–H and O–H groups in total. The SMILES string of the molecule is CC1=C(C(N)=O)C2(CCN(Cc3ccccc3)CC2)OC1=O. The molecule has 116 valence electrons. The highest BCUT2D eigenvalue weighted by molar-refractivity contribution is 6.06. The smallest absolute Gasteiger partial charge is 0.335 e. The van der Waals surface area contributed by atoms with E-state index in [1.54, 1.807) is 6.92 Å². The van der Waals surface area contributed by atoms with Crippen LogP contribution >= 0.6 is 0 Å². The molecular weight excluding hydrogens is 280 g/mol. The number of amides is 1. The molecule has 1 aromatic carbocycles. The molecule has 1 saturated heterocycles. The Morgan fingerprint density at radius 2 is 1.91 bits per heavy atom. The fourth-order valence-corrected chi connectivity index (χ4v) is 3.42. The number of ether oxygens (including phenoxy) is 1. The van der Waals surface area contributed by atoms with E-state index < -0.39 is 17.5 Å². The third-order valence-electron chi connectivity index (χ3n) is 4.58. The first-order valence-corrected chi connectivity index (χ1v) is 7.53. The Bertz CT molecular complexity index is 629. The minimum Gasteiger partial charge on any atom is -0.450 e. The van der Waals surface area contributed by atoms with Crippen molar-refractivity contribution in [1.82, 2.24) is 4.90 Å². The summed E-state index contributed by atoms with van der Waals surface area (Å²) >= 11 is 0. The molecule has 0 saturated carbocycles. The lowest BCUT2D eigenvalue weighted by molar-refractivity contribution is -0.150. The summed E-state index contributed by atoms with van der Waals surface area (Å²) in [5.74, 6) is -0.954. The lowest BCUT2D eigenvalue weighted by Gasteiger charge is -2.39. The fraction of sp³-hybridized carbons (Fsp3) is 0.412. The zero-order valence-corrected chi connectivity index (χ0v) is 12.7. The lowest BCUT2D eigenvalue weighted by atomic mass is 9.83. The predicted octanol–water partition coefficient (Wildman–Crippen LogP) is 1.38. The molecule has 0 atom stereocenters. The first kappa shape index (κ1) is 14.8. The quantitative estimate of drug-likeness (QED) is 0.856. The Kier molecular flexibility index (Phi) is 3.74. The monoisotopic (exact) mass is 300 g/mol. The Hall–Kier alpha value is -2.14. The molecule has 1 spiro atoms. The molecule has 1 aromatic rings. The number of likely N-dealkylation sites (tertiary alicyclic amines) is 1. The zero-order valence-electron chi connectivity index (χ0n) is 12.7. The summed E-state index contributed by atoms with van der Waals surface area (Å²) < 4.78 is 5.53. The van der Waals surface area contributed by atoms with E-state index in [9.17, 15) is 9.59 Å². The largest absolute Gasteiger partial charge is 0.450 e. The highest BCUT2D eigenvalue weighted by Crippen LogP contribution is 2.40. The van der Waals surface area contributed by atoms with Gasteiger partial charge in [0.15, 0.2) is 0 Å². The van der Waals surface area contributed by atoms with Gasteiger partial charge in [0.1, 0.15) is 5.60 Å². The van der Waals surface area contributed by atoms with Crippen molar-refractivity contribution in [2.75, 3.05) is 13.1 Å². The minimum atomic E-state index is -0.805. The van der Waals surface area contributed by atoms with E-state index in [0.717, 1.165) is 19.6 Å². The first-order valence-electron chi connectivity index (χ1n) is 7.53. The summed E-state index contributed by atoms with van der Waals surface area (Å²) in [6.45, 7) is 4.02. The van der Waals surface area contributed by atoms with Crippen molar-refractivity contribution >= 4 is 11.9 Å². The van der Waals surface area contributed by atoms with Gasteiger partial charge in [-0.1, -0.05) is 30.3 Å². The second-order valence-corrected chi connectivity index (χ2v) is 6.01. The van der Waals surface area contributed by atoms with E-state index in [4.69, 9.17) is 10.5 Å². The normalized spacial score (nSPS) is 21.2. The fourth-order valence-electron chi connectivity index (χ4n) is 3.42. The van der Waals surface area contributed by atoms with Crippen LogP contribution in [0.3, 0.4) is 0 Å². The maximum Gasteiger partial charge on any atom is 0.335 e. The second kappa shape index (κ2) is 5.57. The predicted molar refractivity (Wildman–Crippen MR) is 81.7 cm³/mol. The average Bonchev–Trinajstić information content (AvgIpc) is 2.74. The number of carbonyl (C=O) groups is 2. The minimum absolute atomic E-state index is 0.365. The lowest BCUT2D eigenvalue weighted by Crippen LogP contribution is -2.47. The average molecular weight is 300 g/mol. The standard InChI is InChI=1S/C17H20N2O3/c1-12-14(15(18)20)17(22-16(12)21)7-9-19(10-8-17)11-13-5-3-2-4-6-13/h2-6H,7-11H2,1H3,(H2,18,20). The molecule has 0 bridgehead atoms. The van der Waals surface area contributed by atoms with Crippen molar-refractivity contribution in [2.24, 2.45) is 5.73 Å². The Balaban J connectivity index is 1.71. The molecule has 5 nitrogen and oxygen atoms in total. The highest BCUT2D eigenvalue weighted by atomic mass is 16.6. The van der Waals surface area contributed by atoms with E-state index in [1.165, 1.54) is 5.56 Å². The van der Waals surface area contributed by atoms with Crippen LogP contribution in [0, 0.1) is 0 Å². The van der Waals surface area contributed by atoms with Gasteiger partial charge in [-0.2, -0.15) is 0 Å². The molecular formula is C17H20N2O3. The zero-order chi connectivity index (χ0) is 15.7. The van der Waals surface area contributed by atoms with Crippen molar-refractivity contribution in [2.45, 2.75) is 31.9 Å². The van der Waals surface area contributed by atoms with Crippen LogP contribution in [0.1, 0.15) is 25.3 Å². The third kappa shape index (κ3) is 2.52. The maximum atomic E-state index is 11.8. The summed E-state index contributed by atoms with van der Waals surface area (Å²) in [5, 5.41) is 0. The molecule has 22 heavy (non-hydrogen) atoms. The maximum absolute atomic E-state index is 11.8. The van der Waals surface area contributed by atoms with Crippen LogP contribution in [0.25, 0.3) is 0 Å². The number of nitrogens with zero attached hydrogens (tertiary/aromatic N) is 1. The van der Waals surface area contributed by atoms with Gasteiger partial charge < -0.3 is 10.5 Å². The van der Waals surface area contributed by atoms with E-state index in [1.807, 2.05) is 18.2 Å². The van der Waals surface area contributed by atoms with Gasteiger partial charge in [-0.3, -0.25) is 9.69 Å². The number of benzene rings is 1. The topological polar surface area (TPSA) is 72.6 Å². The van der Waals surface area contributed by atoms with Crippen molar-refractivity contribution in [3.63, 3.8) is 0 Å². The molecule has 1 fully saturated rings. The number of hydrogen-bond donors (Lipinski definition) is 1. The summed E-state index contributed by atoms with van der Waals surface area (Å²) in [5.41, 5.74) is 6.66. The van der Waals surface area contributed by atoms with Crippen LogP contribution in [0.2, 0.25) is 0 Å². The van der Waals surface area contributed by atoms with Crippen LogP contribution in [0.5, 0.6) is 0 Å². The number of nitrogens with two attached hydrogens (primary N) is 1. The molecule has 2 aliphatic rings. The molecule has 0 unspecified atom stereocenters. The summed E-state index contributed by atoms with van der Waals surface area (Å²) in [7, 11) is 0.